The summed E-state index contributed by atoms with van der Waals surface area (Å²) in [5, 5.41) is 38.0. The summed E-state index contributed by atoms with van der Waals surface area (Å²) in [7, 11) is 1.78. The molecule has 5 aliphatic carbocycles. The van der Waals surface area contributed by atoms with Crippen LogP contribution in [0.25, 0.3) is 0 Å². The van der Waals surface area contributed by atoms with Crippen LogP contribution in [0.2, 0.25) is 0 Å². The number of ether oxygens (including phenoxy) is 2. The van der Waals surface area contributed by atoms with Crippen LogP contribution in [0.5, 0.6) is 11.5 Å². The first-order chi connectivity index (χ1) is 16.4. The van der Waals surface area contributed by atoms with Gasteiger partial charge in [-0.15, -0.1) is 0 Å². The summed E-state index contributed by atoms with van der Waals surface area (Å²) in [5.41, 5.74) is -0.317. The molecule has 4 saturated carbocycles. The van der Waals surface area contributed by atoms with Crippen LogP contribution >= 0.6 is 0 Å². The topological polar surface area (TPSA) is 82.0 Å². The molecule has 6 nitrogen and oxygen atoms in total. The van der Waals surface area contributed by atoms with Gasteiger partial charge in [-0.05, 0) is 56.1 Å². The van der Waals surface area contributed by atoms with Gasteiger partial charge in [-0.2, -0.15) is 0 Å². The van der Waals surface area contributed by atoms with Crippen LogP contribution in [0.1, 0.15) is 77.3 Å². The van der Waals surface area contributed by atoms with Crippen LogP contribution < -0.4 is 4.74 Å². The molecule has 8 atom stereocenters. The third-order valence-corrected chi connectivity index (χ3v) is 12.1. The van der Waals surface area contributed by atoms with Crippen molar-refractivity contribution in [2.24, 2.45) is 22.7 Å². The molecule has 2 N–H and O–H groups in total. The van der Waals surface area contributed by atoms with Crippen LogP contribution in [0.15, 0.2) is 12.1 Å². The number of benzene rings is 1. The molecule has 7 aliphatic rings. The minimum absolute atomic E-state index is 0.0423. The van der Waals surface area contributed by atoms with Gasteiger partial charge in [0.15, 0.2) is 11.5 Å². The van der Waals surface area contributed by atoms with E-state index < -0.39 is 11.2 Å². The van der Waals surface area contributed by atoms with Gasteiger partial charge in [0.2, 0.25) is 0 Å². The first-order valence-corrected chi connectivity index (χ1v) is 13.7. The molecular formula is C29H41NO5. The van der Waals surface area contributed by atoms with Gasteiger partial charge in [0.05, 0.1) is 30.1 Å². The molecule has 1 saturated heterocycles. The number of nitrogens with zero attached hydrogens (tertiary/aromatic N) is 1. The normalized spacial score (nSPS) is 46.7. The highest BCUT2D eigenvalue weighted by atomic mass is 16.6. The van der Waals surface area contributed by atoms with E-state index in [0.717, 1.165) is 44.2 Å². The van der Waals surface area contributed by atoms with E-state index in [9.17, 15) is 15.4 Å². The van der Waals surface area contributed by atoms with Crippen molar-refractivity contribution in [3.05, 3.63) is 28.5 Å². The summed E-state index contributed by atoms with van der Waals surface area (Å²) in [6.45, 7) is 9.60. The highest BCUT2D eigenvalue weighted by molar-refractivity contribution is 5.63. The van der Waals surface area contributed by atoms with E-state index >= 15 is 0 Å². The van der Waals surface area contributed by atoms with Crippen LogP contribution in [0, 0.1) is 27.9 Å². The van der Waals surface area contributed by atoms with E-state index in [1.165, 1.54) is 18.4 Å². The Kier molecular flexibility index (Phi) is 4.16. The van der Waals surface area contributed by atoms with Gasteiger partial charge in [0.25, 0.3) is 0 Å². The van der Waals surface area contributed by atoms with Gasteiger partial charge in [0, 0.05) is 42.8 Å². The number of piperidine rings is 1. The molecular weight excluding hydrogens is 442 g/mol. The number of aliphatic hydroxyl groups is 1. The zero-order valence-electron chi connectivity index (χ0n) is 21.9. The number of hydroxylamine groups is 3. The Morgan fingerprint density at radius 1 is 1.17 bits per heavy atom. The average Bonchev–Trinajstić information content (AvgIpc) is 3.52. The van der Waals surface area contributed by atoms with Gasteiger partial charge >= 0.3 is 0 Å². The number of hydrogen-bond donors (Lipinski definition) is 2. The summed E-state index contributed by atoms with van der Waals surface area (Å²) in [6, 6.07) is 3.75. The Morgan fingerprint density at radius 3 is 2.57 bits per heavy atom. The van der Waals surface area contributed by atoms with Crippen molar-refractivity contribution in [3.8, 4) is 11.5 Å². The van der Waals surface area contributed by atoms with E-state index in [1.807, 2.05) is 13.0 Å². The molecule has 4 bridgehead atoms. The Labute approximate surface area is 208 Å². The molecule has 2 heterocycles. The second-order valence-corrected chi connectivity index (χ2v) is 14.2. The van der Waals surface area contributed by atoms with Crippen LogP contribution in [0.4, 0.5) is 0 Å². The predicted molar refractivity (Wildman–Crippen MR) is 132 cm³/mol. The Balaban J connectivity index is 1.50. The molecule has 6 heteroatoms. The van der Waals surface area contributed by atoms with Crippen LogP contribution in [-0.4, -0.2) is 58.4 Å². The SMILES string of the molecule is COC12CCC3(CC1C(C)(O)C(C)(C)C)C1Cc4ccc(O)c5c4C3(CC[N+]1([O-])CC1CC1)C2O5. The van der Waals surface area contributed by atoms with Crippen molar-refractivity contribution >= 4 is 0 Å². The van der Waals surface area contributed by atoms with E-state index in [0.29, 0.717) is 18.2 Å². The number of rotatable bonds is 4. The number of methoxy groups -OCH3 is 1. The summed E-state index contributed by atoms with van der Waals surface area (Å²) in [4.78, 5) is 0. The number of phenolic OH excluding ortho intramolecular Hbond substituents is 1. The molecule has 0 aromatic heterocycles. The number of fused-ring (bicyclic) bond motifs is 2. The van der Waals surface area contributed by atoms with Crippen molar-refractivity contribution in [3.63, 3.8) is 0 Å². The molecule has 35 heavy (non-hydrogen) atoms. The van der Waals surface area contributed by atoms with Crippen molar-refractivity contribution in [2.75, 3.05) is 20.2 Å². The van der Waals surface area contributed by atoms with Crippen molar-refractivity contribution in [1.29, 1.82) is 0 Å². The van der Waals surface area contributed by atoms with Gasteiger partial charge in [-0.3, -0.25) is 0 Å². The lowest BCUT2D eigenvalue weighted by atomic mass is 9.33. The highest BCUT2D eigenvalue weighted by Crippen LogP contribution is 2.78. The zero-order chi connectivity index (χ0) is 24.8. The Hall–Kier alpha value is -1.34. The summed E-state index contributed by atoms with van der Waals surface area (Å²) in [5.74, 6) is 1.20. The monoisotopic (exact) mass is 483 g/mol. The third-order valence-electron chi connectivity index (χ3n) is 12.1. The third kappa shape index (κ3) is 2.38. The molecule has 192 valence electrons. The van der Waals surface area contributed by atoms with Gasteiger partial charge in [-0.25, -0.2) is 0 Å². The van der Waals surface area contributed by atoms with E-state index in [-0.39, 0.29) is 44.7 Å². The standard InChI is InChI=1S/C29H41NO5/c1-25(2,3)26(4,32)20-15-27-10-11-29(20,34-5)24-28(27)12-13-30(33,16-17-6-7-17)21(27)14-18-8-9-19(31)23(35-24)22(18)28/h8-9,17,20-21,24,31-32H,6-7,10-16H2,1-5H3. The second-order valence-electron chi connectivity index (χ2n) is 14.2. The van der Waals surface area contributed by atoms with E-state index in [4.69, 9.17) is 9.47 Å². The quantitative estimate of drug-likeness (QED) is 0.489. The fraction of sp³-hybridized carbons (Fsp3) is 0.793. The molecule has 2 aliphatic heterocycles. The first kappa shape index (κ1) is 22.8. The maximum Gasteiger partial charge on any atom is 0.165 e. The summed E-state index contributed by atoms with van der Waals surface area (Å²) >= 11 is 0. The van der Waals surface area contributed by atoms with Gasteiger partial charge in [0.1, 0.15) is 11.7 Å². The number of aromatic hydroxyl groups is 1. The lowest BCUT2D eigenvalue weighted by molar-refractivity contribution is -0.926. The molecule has 1 aromatic carbocycles. The maximum atomic E-state index is 14.8. The smallest absolute Gasteiger partial charge is 0.165 e. The zero-order valence-corrected chi connectivity index (χ0v) is 21.9. The summed E-state index contributed by atoms with van der Waals surface area (Å²) < 4.78 is 13.3. The molecule has 0 amide bonds. The van der Waals surface area contributed by atoms with Crippen LogP contribution in [-0.2, 0) is 16.6 Å². The lowest BCUT2D eigenvalue weighted by Crippen LogP contribution is -2.85. The average molecular weight is 484 g/mol. The fourth-order valence-electron chi connectivity index (χ4n) is 9.87. The Morgan fingerprint density at radius 2 is 1.91 bits per heavy atom. The molecule has 2 spiro atoms. The Bertz CT molecular complexity index is 1110. The van der Waals surface area contributed by atoms with E-state index in [1.54, 1.807) is 13.2 Å². The van der Waals surface area contributed by atoms with E-state index in [2.05, 4.69) is 20.8 Å². The van der Waals surface area contributed by atoms with Gasteiger partial charge < -0.3 is 29.5 Å². The van der Waals surface area contributed by atoms with Crippen molar-refractivity contribution < 1.29 is 24.3 Å². The minimum Gasteiger partial charge on any atom is -0.633 e. The highest BCUT2D eigenvalue weighted by Gasteiger charge is 2.84. The molecule has 8 unspecified atom stereocenters. The number of quaternary nitrogens is 1. The predicted octanol–water partition coefficient (Wildman–Crippen LogP) is 4.43. The fourth-order valence-corrected chi connectivity index (χ4v) is 9.87. The number of likely N-dealkylation sites (tertiary alicyclic amines) is 1. The first-order valence-electron chi connectivity index (χ1n) is 13.7. The minimum atomic E-state index is -1.01. The lowest BCUT2D eigenvalue weighted by Gasteiger charge is -2.77. The van der Waals surface area contributed by atoms with Gasteiger partial charge in [-0.1, -0.05) is 26.8 Å². The molecule has 8 rings (SSSR count). The molecule has 0 radical (unpaired) electrons. The molecule has 1 aromatic rings. The molecule has 5 fully saturated rings. The maximum absolute atomic E-state index is 14.8. The number of phenols is 1. The van der Waals surface area contributed by atoms with Crippen molar-refractivity contribution in [2.45, 2.75) is 101 Å². The second kappa shape index (κ2) is 6.38. The summed E-state index contributed by atoms with van der Waals surface area (Å²) in [6.07, 6.45) is 6.03. The largest absolute Gasteiger partial charge is 0.633 e. The van der Waals surface area contributed by atoms with Crippen LogP contribution in [0.3, 0.4) is 0 Å². The number of hydrogen-bond acceptors (Lipinski definition) is 5. The van der Waals surface area contributed by atoms with Crippen molar-refractivity contribution in [1.82, 2.24) is 0 Å².